The number of benzene rings is 1. The number of hydrogen-bond acceptors (Lipinski definition) is 3. The van der Waals surface area contributed by atoms with E-state index in [-0.39, 0.29) is 0 Å². The van der Waals surface area contributed by atoms with E-state index >= 15 is 0 Å². The van der Waals surface area contributed by atoms with Crippen molar-refractivity contribution in [3.05, 3.63) is 29.8 Å². The van der Waals surface area contributed by atoms with Crippen LogP contribution in [0, 0.1) is 0 Å². The lowest BCUT2D eigenvalue weighted by Crippen LogP contribution is -2.34. The zero-order valence-electron chi connectivity index (χ0n) is 11.3. The summed E-state index contributed by atoms with van der Waals surface area (Å²) < 4.78 is 11.6. The molecule has 1 saturated heterocycles. The minimum Gasteiger partial charge on any atom is -0.399 e. The molecule has 0 bridgehead atoms. The van der Waals surface area contributed by atoms with Gasteiger partial charge in [0.15, 0.2) is 0 Å². The molecule has 18 heavy (non-hydrogen) atoms. The van der Waals surface area contributed by atoms with E-state index < -0.39 is 0 Å². The number of hydrogen-bond donors (Lipinski definition) is 1. The lowest BCUT2D eigenvalue weighted by atomic mass is 10.0. The molecule has 0 spiro atoms. The normalized spacial score (nSPS) is 28.2. The average Bonchev–Trinajstić information content (AvgIpc) is 2.30. The third kappa shape index (κ3) is 4.00. The maximum Gasteiger partial charge on any atom is 0.0624 e. The zero-order chi connectivity index (χ0) is 13.0. The van der Waals surface area contributed by atoms with Crippen LogP contribution in [0.5, 0.6) is 0 Å². The Hall–Kier alpha value is -1.06. The topological polar surface area (TPSA) is 44.5 Å². The van der Waals surface area contributed by atoms with E-state index in [1.54, 1.807) is 0 Å². The summed E-state index contributed by atoms with van der Waals surface area (Å²) in [6, 6.07) is 8.00. The van der Waals surface area contributed by atoms with Gasteiger partial charge in [0.2, 0.25) is 0 Å². The molecule has 3 nitrogen and oxygen atoms in total. The van der Waals surface area contributed by atoms with Gasteiger partial charge in [-0.1, -0.05) is 12.1 Å². The Balaban J connectivity index is 1.73. The van der Waals surface area contributed by atoms with Crippen LogP contribution in [-0.4, -0.2) is 24.9 Å². The zero-order valence-corrected chi connectivity index (χ0v) is 11.3. The fourth-order valence-electron chi connectivity index (χ4n) is 2.51. The smallest absolute Gasteiger partial charge is 0.0624 e. The lowest BCUT2D eigenvalue weighted by Gasteiger charge is -2.32. The number of nitrogen functional groups attached to an aromatic ring is 1. The molecule has 0 amide bonds. The third-order valence-corrected chi connectivity index (χ3v) is 3.38. The van der Waals surface area contributed by atoms with E-state index in [4.69, 9.17) is 15.2 Å². The van der Waals surface area contributed by atoms with Crippen molar-refractivity contribution in [1.29, 1.82) is 0 Å². The minimum atomic E-state index is 0.315. The molecule has 1 aliphatic rings. The van der Waals surface area contributed by atoms with E-state index in [1.807, 2.05) is 12.1 Å². The summed E-state index contributed by atoms with van der Waals surface area (Å²) >= 11 is 0. The molecule has 100 valence electrons. The maximum atomic E-state index is 5.95. The van der Waals surface area contributed by atoms with Gasteiger partial charge >= 0.3 is 0 Å². The van der Waals surface area contributed by atoms with Crippen LogP contribution < -0.4 is 5.73 Å². The highest BCUT2D eigenvalue weighted by Crippen LogP contribution is 2.21. The van der Waals surface area contributed by atoms with Gasteiger partial charge in [-0.15, -0.1) is 0 Å². The molecule has 0 saturated carbocycles. The first-order valence-corrected chi connectivity index (χ1v) is 6.75. The van der Waals surface area contributed by atoms with Crippen LogP contribution in [0.1, 0.15) is 32.3 Å². The van der Waals surface area contributed by atoms with Crippen LogP contribution in [0.15, 0.2) is 24.3 Å². The second kappa shape index (κ2) is 6.21. The summed E-state index contributed by atoms with van der Waals surface area (Å²) in [6.07, 6.45) is 3.93. The van der Waals surface area contributed by atoms with Gasteiger partial charge in [-0.25, -0.2) is 0 Å². The molecule has 2 atom stereocenters. The largest absolute Gasteiger partial charge is 0.399 e. The highest BCUT2D eigenvalue weighted by Gasteiger charge is 2.24. The van der Waals surface area contributed by atoms with Crippen LogP contribution in [-0.2, 0) is 15.9 Å². The first kappa shape index (κ1) is 13.4. The van der Waals surface area contributed by atoms with Gasteiger partial charge in [-0.2, -0.15) is 0 Å². The predicted molar refractivity (Wildman–Crippen MR) is 73.5 cm³/mol. The van der Waals surface area contributed by atoms with Crippen molar-refractivity contribution in [2.45, 2.75) is 51.4 Å². The first-order valence-electron chi connectivity index (χ1n) is 6.75. The van der Waals surface area contributed by atoms with Crippen LogP contribution >= 0.6 is 0 Å². The van der Waals surface area contributed by atoms with E-state index in [0.717, 1.165) is 31.6 Å². The molecule has 0 aromatic heterocycles. The Bertz CT molecular complexity index is 353. The van der Waals surface area contributed by atoms with Gasteiger partial charge < -0.3 is 15.2 Å². The molecule has 2 N–H and O–H groups in total. The van der Waals surface area contributed by atoms with Crippen molar-refractivity contribution in [2.75, 3.05) is 12.3 Å². The molecule has 3 heteroatoms. The highest BCUT2D eigenvalue weighted by molar-refractivity contribution is 5.39. The van der Waals surface area contributed by atoms with Gasteiger partial charge in [-0.3, -0.25) is 0 Å². The molecule has 2 rings (SSSR count). The molecule has 1 heterocycles. The Kier molecular flexibility index (Phi) is 4.61. The van der Waals surface area contributed by atoms with Gasteiger partial charge in [0.05, 0.1) is 24.9 Å². The summed E-state index contributed by atoms with van der Waals surface area (Å²) in [4.78, 5) is 0. The first-order chi connectivity index (χ1) is 8.63. The standard InChI is InChI=1S/C15H23NO2/c1-11-9-15(10-12(2)18-11)17-8-7-13-3-5-14(16)6-4-13/h3-6,11-12,15H,7-10,16H2,1-2H3. The van der Waals surface area contributed by atoms with Gasteiger partial charge in [0.25, 0.3) is 0 Å². The Morgan fingerprint density at radius 1 is 1.17 bits per heavy atom. The van der Waals surface area contributed by atoms with Crippen molar-refractivity contribution in [3.63, 3.8) is 0 Å². The van der Waals surface area contributed by atoms with E-state index in [0.29, 0.717) is 18.3 Å². The SMILES string of the molecule is CC1CC(OCCc2ccc(N)cc2)CC(C)O1. The molecule has 0 aliphatic carbocycles. The summed E-state index contributed by atoms with van der Waals surface area (Å²) in [6.45, 7) is 5.01. The molecular formula is C15H23NO2. The van der Waals surface area contributed by atoms with Crippen LogP contribution in [0.25, 0.3) is 0 Å². The quantitative estimate of drug-likeness (QED) is 0.834. The fourth-order valence-corrected chi connectivity index (χ4v) is 2.51. The number of rotatable bonds is 4. The van der Waals surface area contributed by atoms with E-state index in [1.165, 1.54) is 5.56 Å². The molecular weight excluding hydrogens is 226 g/mol. The van der Waals surface area contributed by atoms with Crippen molar-refractivity contribution in [1.82, 2.24) is 0 Å². The number of ether oxygens (including phenoxy) is 2. The molecule has 1 aromatic rings. The summed E-state index contributed by atoms with van der Waals surface area (Å²) in [5.74, 6) is 0. The van der Waals surface area contributed by atoms with Gasteiger partial charge in [0.1, 0.15) is 0 Å². The second-order valence-electron chi connectivity index (χ2n) is 5.21. The molecule has 0 radical (unpaired) electrons. The fraction of sp³-hybridized carbons (Fsp3) is 0.600. The number of anilines is 1. The van der Waals surface area contributed by atoms with Crippen molar-refractivity contribution >= 4 is 5.69 Å². The average molecular weight is 249 g/mol. The third-order valence-electron chi connectivity index (χ3n) is 3.38. The molecule has 1 aromatic carbocycles. The summed E-state index contributed by atoms with van der Waals surface area (Å²) in [5.41, 5.74) is 7.74. The maximum absolute atomic E-state index is 5.95. The number of nitrogens with two attached hydrogens (primary N) is 1. The molecule has 1 aliphatic heterocycles. The monoisotopic (exact) mass is 249 g/mol. The van der Waals surface area contributed by atoms with Crippen molar-refractivity contribution in [2.24, 2.45) is 0 Å². The van der Waals surface area contributed by atoms with Crippen LogP contribution in [0.4, 0.5) is 5.69 Å². The Morgan fingerprint density at radius 2 is 1.78 bits per heavy atom. The van der Waals surface area contributed by atoms with Crippen LogP contribution in [0.3, 0.4) is 0 Å². The van der Waals surface area contributed by atoms with Crippen molar-refractivity contribution in [3.8, 4) is 0 Å². The summed E-state index contributed by atoms with van der Waals surface area (Å²) in [7, 11) is 0. The second-order valence-corrected chi connectivity index (χ2v) is 5.21. The van der Waals surface area contributed by atoms with E-state index in [2.05, 4.69) is 26.0 Å². The lowest BCUT2D eigenvalue weighted by molar-refractivity contribution is -0.101. The van der Waals surface area contributed by atoms with Gasteiger partial charge in [-0.05, 0) is 50.8 Å². The van der Waals surface area contributed by atoms with Crippen molar-refractivity contribution < 1.29 is 9.47 Å². The highest BCUT2D eigenvalue weighted by atomic mass is 16.5. The Morgan fingerprint density at radius 3 is 2.39 bits per heavy atom. The van der Waals surface area contributed by atoms with E-state index in [9.17, 15) is 0 Å². The Labute approximate surface area is 109 Å². The predicted octanol–water partition coefficient (Wildman–Crippen LogP) is 2.78. The minimum absolute atomic E-state index is 0.315. The molecule has 1 fully saturated rings. The summed E-state index contributed by atoms with van der Waals surface area (Å²) in [5, 5.41) is 0. The van der Waals surface area contributed by atoms with Crippen LogP contribution in [0.2, 0.25) is 0 Å². The molecule has 2 unspecified atom stereocenters. The van der Waals surface area contributed by atoms with Gasteiger partial charge in [0, 0.05) is 5.69 Å².